The van der Waals surface area contributed by atoms with E-state index in [0.29, 0.717) is 85.0 Å². The van der Waals surface area contributed by atoms with Gasteiger partial charge in [-0.25, -0.2) is 0 Å². The second-order valence-corrected chi connectivity index (χ2v) is 23.7. The average molecular weight is 1510 g/mol. The minimum Gasteiger partial charge on any atom is -0.461 e. The molecule has 0 heterocycles. The maximum absolute atomic E-state index is 11.1. The summed E-state index contributed by atoms with van der Waals surface area (Å²) in [5.74, 6) is -1.57. The molecule has 0 aromatic heterocycles. The van der Waals surface area contributed by atoms with Crippen LogP contribution in [0.3, 0.4) is 0 Å². The van der Waals surface area contributed by atoms with Gasteiger partial charge in [0.25, 0.3) is 0 Å². The molecule has 0 saturated heterocycles. The second kappa shape index (κ2) is 60.5. The van der Waals surface area contributed by atoms with Crippen molar-refractivity contribution in [1.29, 1.82) is 0 Å². The number of esters is 8. The molecular formula is C95H110O16. The van der Waals surface area contributed by atoms with Crippen LogP contribution < -0.4 is 0 Å². The molecule has 0 saturated carbocycles. The molecule has 0 atom stereocenters. The Morgan fingerprint density at radius 2 is 0.495 bits per heavy atom. The van der Waals surface area contributed by atoms with Crippen molar-refractivity contribution in [2.75, 3.05) is 0 Å². The Kier molecular flexibility index (Phi) is 52.5. The molecule has 0 aliphatic rings. The zero-order valence-corrected chi connectivity index (χ0v) is 65.9. The number of benzene rings is 8. The first kappa shape index (κ1) is 96.5. The Balaban J connectivity index is 0.000000635. The van der Waals surface area contributed by atoms with Crippen molar-refractivity contribution < 1.29 is 76.3 Å². The Hall–Kier alpha value is -12.6. The van der Waals surface area contributed by atoms with Gasteiger partial charge in [0.15, 0.2) is 0 Å². The maximum atomic E-state index is 11.1. The number of hydrogen-bond donors (Lipinski definition) is 0. The van der Waals surface area contributed by atoms with Gasteiger partial charge < -0.3 is 37.9 Å². The van der Waals surface area contributed by atoms with E-state index in [-0.39, 0.29) is 47.8 Å². The Morgan fingerprint density at radius 3 is 0.766 bits per heavy atom. The smallest absolute Gasteiger partial charge is 0.306 e. The quantitative estimate of drug-likeness (QED) is 0.0292. The third-order valence-corrected chi connectivity index (χ3v) is 14.8. The van der Waals surface area contributed by atoms with E-state index in [1.807, 2.05) is 208 Å². The van der Waals surface area contributed by atoms with Crippen molar-refractivity contribution in [2.24, 2.45) is 0 Å². The molecule has 8 rings (SSSR count). The van der Waals surface area contributed by atoms with E-state index in [1.165, 1.54) is 20.8 Å². The SMILES string of the molecule is C=Cc1ccc(COC(=O)CC)cc1.C=Cc1ccc(COC(=O)CCC)cc1.C=Cc1ccc(COC(C)=O)cc1.C=Cc1cccc(COC(=O)CC)c1.C=Cc1cccc(COC(=O)CCC)c1.C=Cc1cccc(COC(C)=O)c1.C=Cc1ccccc1COC(=O)CC.C=Cc1ccccc1COC(C)=O. The molecule has 8 aromatic rings. The zero-order chi connectivity index (χ0) is 82.4. The van der Waals surface area contributed by atoms with Gasteiger partial charge >= 0.3 is 47.8 Å². The zero-order valence-electron chi connectivity index (χ0n) is 65.9. The molecule has 586 valence electrons. The minimum absolute atomic E-state index is 0.134. The Bertz CT molecular complexity index is 4180. The van der Waals surface area contributed by atoms with Crippen LogP contribution in [-0.2, 0) is 129 Å². The molecule has 0 fully saturated rings. The number of carbonyl (C=O) groups excluding carboxylic acids is 8. The van der Waals surface area contributed by atoms with Crippen LogP contribution in [0.25, 0.3) is 48.6 Å². The maximum Gasteiger partial charge on any atom is 0.306 e. The van der Waals surface area contributed by atoms with E-state index >= 15 is 0 Å². The van der Waals surface area contributed by atoms with Crippen LogP contribution in [0.15, 0.2) is 247 Å². The molecule has 8 aromatic carbocycles. The molecule has 0 N–H and O–H groups in total. The summed E-state index contributed by atoms with van der Waals surface area (Å²) in [4.78, 5) is 86.5. The van der Waals surface area contributed by atoms with Crippen LogP contribution in [0, 0.1) is 0 Å². The lowest BCUT2D eigenvalue weighted by atomic mass is 10.1. The molecule has 0 aliphatic carbocycles. The Labute approximate surface area is 658 Å². The summed E-state index contributed by atoms with van der Waals surface area (Å²) in [6, 6.07) is 61.9. The summed E-state index contributed by atoms with van der Waals surface area (Å²) in [5.41, 5.74) is 16.2. The van der Waals surface area contributed by atoms with E-state index in [1.54, 1.807) is 69.4 Å². The van der Waals surface area contributed by atoms with Gasteiger partial charge in [-0.1, -0.05) is 312 Å². The van der Waals surface area contributed by atoms with Crippen molar-refractivity contribution in [3.8, 4) is 0 Å². The highest BCUT2D eigenvalue weighted by atomic mass is 16.6. The van der Waals surface area contributed by atoms with Gasteiger partial charge in [-0.15, -0.1) is 0 Å². The minimum atomic E-state index is -0.265. The first-order valence-electron chi connectivity index (χ1n) is 36.4. The fraction of sp³-hybridized carbons (Fsp3) is 0.242. The van der Waals surface area contributed by atoms with E-state index in [9.17, 15) is 38.4 Å². The highest BCUT2D eigenvalue weighted by molar-refractivity contribution is 5.71. The van der Waals surface area contributed by atoms with Gasteiger partial charge in [0.05, 0.1) is 0 Å². The van der Waals surface area contributed by atoms with Gasteiger partial charge in [-0.2, -0.15) is 0 Å². The van der Waals surface area contributed by atoms with Crippen molar-refractivity contribution in [2.45, 2.75) is 153 Å². The lowest BCUT2D eigenvalue weighted by Crippen LogP contribution is -2.03. The highest BCUT2D eigenvalue weighted by Crippen LogP contribution is 2.16. The molecule has 0 radical (unpaired) electrons. The molecule has 16 nitrogen and oxygen atoms in total. The molecule has 0 unspecified atom stereocenters. The van der Waals surface area contributed by atoms with Crippen LogP contribution in [0.5, 0.6) is 0 Å². The third kappa shape index (κ3) is 47.0. The molecule has 111 heavy (non-hydrogen) atoms. The van der Waals surface area contributed by atoms with Crippen LogP contribution in [0.1, 0.15) is 189 Å². The number of carbonyl (C=O) groups is 8. The van der Waals surface area contributed by atoms with Crippen LogP contribution in [0.2, 0.25) is 0 Å². The second-order valence-electron chi connectivity index (χ2n) is 23.7. The molecule has 0 spiro atoms. The van der Waals surface area contributed by atoms with Gasteiger partial charge in [0, 0.05) is 52.9 Å². The monoisotopic (exact) mass is 1510 g/mol. The average Bonchev–Trinajstić information content (AvgIpc) is 0.903. The van der Waals surface area contributed by atoms with E-state index in [4.69, 9.17) is 37.9 Å². The van der Waals surface area contributed by atoms with Crippen LogP contribution >= 0.6 is 0 Å². The van der Waals surface area contributed by atoms with Crippen molar-refractivity contribution in [3.63, 3.8) is 0 Å². The number of hydrogen-bond acceptors (Lipinski definition) is 16. The number of rotatable bonds is 31. The van der Waals surface area contributed by atoms with Crippen LogP contribution in [-0.4, -0.2) is 47.8 Å². The first-order chi connectivity index (χ1) is 53.5. The summed E-state index contributed by atoms with van der Waals surface area (Å²) >= 11 is 0. The fourth-order valence-electron chi connectivity index (χ4n) is 8.63. The summed E-state index contributed by atoms with van der Waals surface area (Å²) < 4.78 is 39.8. The third-order valence-electron chi connectivity index (χ3n) is 14.8. The Morgan fingerprint density at radius 1 is 0.252 bits per heavy atom. The summed E-state index contributed by atoms with van der Waals surface area (Å²) in [7, 11) is 0. The molecule has 16 heteroatoms. The largest absolute Gasteiger partial charge is 0.461 e. The van der Waals surface area contributed by atoms with Gasteiger partial charge in [0.1, 0.15) is 52.9 Å². The normalized spacial score (nSPS) is 9.48. The topological polar surface area (TPSA) is 210 Å². The highest BCUT2D eigenvalue weighted by Gasteiger charge is 2.07. The van der Waals surface area contributed by atoms with Gasteiger partial charge in [0.2, 0.25) is 0 Å². The fourth-order valence-corrected chi connectivity index (χ4v) is 8.63. The molecule has 0 amide bonds. The predicted octanol–water partition coefficient (Wildman–Crippen LogP) is 21.9. The molecule has 0 bridgehead atoms. The number of ether oxygens (including phenoxy) is 8. The van der Waals surface area contributed by atoms with E-state index in [2.05, 4.69) is 52.6 Å². The summed E-state index contributed by atoms with van der Waals surface area (Å²) in [6.07, 6.45) is 18.0. The lowest BCUT2D eigenvalue weighted by Gasteiger charge is -2.06. The lowest BCUT2D eigenvalue weighted by molar-refractivity contribution is -0.145. The first-order valence-corrected chi connectivity index (χ1v) is 36.4. The predicted molar refractivity (Wildman–Crippen MR) is 448 cm³/mol. The standard InChI is InChI=1S/2C13H16O2.3C12H14O2.3C11H12O2/c1-3-6-13(14)15-10-12-8-5-7-11(4-2)9-12;1-3-5-13(14)15-10-12-8-6-11(4-2)7-9-12;1-3-10-5-7-11(8-6-10)9-14-12(13)4-2;1-3-10-6-5-7-11(8-10)9-14-12(13)4-2;1-3-10-7-5-6-8-11(10)9-14-12(13)4-2;1-3-10-4-6-11(7-5-10)8-13-9(2)12;1-3-10-5-4-6-11(7-10)8-13-9(2)12;1-3-10-6-4-5-7-11(10)8-13-9(2)12/h4-5,7-9H,2-3,6,10H2,1H3;4,6-9H,2-3,5,10H2,1H3;3*3,5-8H,1,4,9H2,2H3;3*3-7H,1,8H2,2H3. The molecule has 0 aliphatic heterocycles. The van der Waals surface area contributed by atoms with Crippen molar-refractivity contribution in [1.82, 2.24) is 0 Å². The van der Waals surface area contributed by atoms with Crippen molar-refractivity contribution in [3.05, 3.63) is 336 Å². The van der Waals surface area contributed by atoms with Gasteiger partial charge in [-0.3, -0.25) is 38.4 Å². The van der Waals surface area contributed by atoms with Crippen molar-refractivity contribution >= 4 is 96.4 Å². The van der Waals surface area contributed by atoms with Crippen LogP contribution in [0.4, 0.5) is 0 Å². The van der Waals surface area contributed by atoms with E-state index in [0.717, 1.165) is 102 Å². The summed E-state index contributed by atoms with van der Waals surface area (Å²) in [5, 5.41) is 0. The summed E-state index contributed by atoms with van der Waals surface area (Å²) in [6.45, 7) is 45.6. The molecular weight excluding hydrogens is 1400 g/mol. The van der Waals surface area contributed by atoms with E-state index < -0.39 is 0 Å². The van der Waals surface area contributed by atoms with Gasteiger partial charge in [-0.05, 0) is 120 Å².